The molecule has 31 heavy (non-hydrogen) atoms. The maximum atomic E-state index is 13.1. The minimum Gasteiger partial charge on any atom is -0.481 e. The van der Waals surface area contributed by atoms with Crippen molar-refractivity contribution >= 4 is 35.0 Å². The molecular weight excluding hydrogens is 408 g/mol. The summed E-state index contributed by atoms with van der Waals surface area (Å²) in [5.74, 6) is 0.419. The standard InChI is InChI=1S/C25H24N2O3S/c1-3-15-27-21-14-13-18(26-24(28)17(2)30-19-9-5-4-6-10-19)16-23(21)31-22-12-8-7-11-20(22)25(27)29/h4-14,16-17H,3,15H2,1-2H3,(H,26,28). The van der Waals surface area contributed by atoms with Gasteiger partial charge in [0.1, 0.15) is 5.75 Å². The summed E-state index contributed by atoms with van der Waals surface area (Å²) >= 11 is 1.54. The van der Waals surface area contributed by atoms with Crippen LogP contribution in [-0.2, 0) is 4.79 Å². The summed E-state index contributed by atoms with van der Waals surface area (Å²) in [6, 6.07) is 22.6. The predicted molar refractivity (Wildman–Crippen MR) is 124 cm³/mol. The normalized spacial score (nSPS) is 13.6. The lowest BCUT2D eigenvalue weighted by atomic mass is 10.1. The zero-order valence-corrected chi connectivity index (χ0v) is 18.3. The zero-order valence-electron chi connectivity index (χ0n) is 17.5. The van der Waals surface area contributed by atoms with Crippen LogP contribution < -0.4 is 15.0 Å². The second-order valence-corrected chi connectivity index (χ2v) is 8.38. The van der Waals surface area contributed by atoms with Gasteiger partial charge in [-0.2, -0.15) is 0 Å². The smallest absolute Gasteiger partial charge is 0.265 e. The van der Waals surface area contributed by atoms with Gasteiger partial charge in [0.25, 0.3) is 11.8 Å². The van der Waals surface area contributed by atoms with Gasteiger partial charge < -0.3 is 15.0 Å². The topological polar surface area (TPSA) is 58.6 Å². The van der Waals surface area contributed by atoms with Gasteiger partial charge in [0.05, 0.1) is 11.3 Å². The highest BCUT2D eigenvalue weighted by Crippen LogP contribution is 2.42. The maximum absolute atomic E-state index is 13.1. The molecule has 1 heterocycles. The second kappa shape index (κ2) is 9.27. The molecule has 1 unspecified atom stereocenters. The molecule has 2 amide bonds. The first kappa shape index (κ1) is 21.0. The molecule has 0 radical (unpaired) electrons. The van der Waals surface area contributed by atoms with E-state index in [4.69, 9.17) is 4.74 Å². The number of rotatable bonds is 6. The Labute approximate surface area is 186 Å². The van der Waals surface area contributed by atoms with E-state index >= 15 is 0 Å². The number of fused-ring (bicyclic) bond motifs is 2. The molecule has 1 aliphatic heterocycles. The van der Waals surface area contributed by atoms with E-state index < -0.39 is 6.10 Å². The van der Waals surface area contributed by atoms with E-state index in [2.05, 4.69) is 12.2 Å². The van der Waals surface area contributed by atoms with Crippen LogP contribution in [0.15, 0.2) is 82.6 Å². The summed E-state index contributed by atoms with van der Waals surface area (Å²) in [5, 5.41) is 2.93. The van der Waals surface area contributed by atoms with Gasteiger partial charge in [-0.25, -0.2) is 0 Å². The Kier molecular flexibility index (Phi) is 6.28. The van der Waals surface area contributed by atoms with E-state index in [1.54, 1.807) is 18.7 Å². The van der Waals surface area contributed by atoms with Crippen molar-refractivity contribution in [2.24, 2.45) is 0 Å². The van der Waals surface area contributed by atoms with Crippen molar-refractivity contribution < 1.29 is 14.3 Å². The lowest BCUT2D eigenvalue weighted by Crippen LogP contribution is -2.32. The highest BCUT2D eigenvalue weighted by Gasteiger charge is 2.27. The summed E-state index contributed by atoms with van der Waals surface area (Å²) in [6.45, 7) is 4.41. The molecule has 0 aliphatic carbocycles. The molecule has 1 aliphatic rings. The van der Waals surface area contributed by atoms with Crippen LogP contribution in [0.25, 0.3) is 0 Å². The molecular formula is C25H24N2O3S. The number of amides is 2. The van der Waals surface area contributed by atoms with Crippen molar-refractivity contribution in [3.05, 3.63) is 78.4 Å². The largest absolute Gasteiger partial charge is 0.481 e. The average molecular weight is 433 g/mol. The number of hydrogen-bond acceptors (Lipinski definition) is 4. The van der Waals surface area contributed by atoms with Crippen molar-refractivity contribution in [2.45, 2.75) is 36.2 Å². The summed E-state index contributed by atoms with van der Waals surface area (Å²) in [7, 11) is 0. The number of ether oxygens (including phenoxy) is 1. The first-order chi connectivity index (χ1) is 15.1. The molecule has 158 valence electrons. The quantitative estimate of drug-likeness (QED) is 0.550. The Morgan fingerprint density at radius 2 is 1.77 bits per heavy atom. The minimum absolute atomic E-state index is 0.00497. The van der Waals surface area contributed by atoms with Gasteiger partial charge in [0, 0.05) is 22.0 Å². The number of anilines is 2. The van der Waals surface area contributed by atoms with E-state index in [0.717, 1.165) is 21.9 Å². The third-order valence-electron chi connectivity index (χ3n) is 4.97. The lowest BCUT2D eigenvalue weighted by Gasteiger charge is -2.23. The molecule has 3 aromatic carbocycles. The number of carbonyl (C=O) groups is 2. The summed E-state index contributed by atoms with van der Waals surface area (Å²) < 4.78 is 5.72. The number of carbonyl (C=O) groups excluding carboxylic acids is 2. The van der Waals surface area contributed by atoms with Gasteiger partial charge in [-0.1, -0.05) is 49.0 Å². The fourth-order valence-electron chi connectivity index (χ4n) is 3.45. The summed E-state index contributed by atoms with van der Waals surface area (Å²) in [4.78, 5) is 29.5. The average Bonchev–Trinajstić information content (AvgIpc) is 2.89. The first-order valence-corrected chi connectivity index (χ1v) is 11.1. The molecule has 3 aromatic rings. The Hall–Kier alpha value is -3.25. The van der Waals surface area contributed by atoms with Crippen LogP contribution >= 0.6 is 11.8 Å². The van der Waals surface area contributed by atoms with Gasteiger partial charge in [-0.05, 0) is 55.8 Å². The molecule has 0 saturated carbocycles. The molecule has 0 aromatic heterocycles. The minimum atomic E-state index is -0.646. The SMILES string of the molecule is CCCN1C(=O)c2ccccc2Sc2cc(NC(=O)C(C)Oc3ccccc3)ccc21. The molecule has 6 heteroatoms. The van der Waals surface area contributed by atoms with Crippen LogP contribution in [0.3, 0.4) is 0 Å². The Bertz CT molecular complexity index is 1100. The lowest BCUT2D eigenvalue weighted by molar-refractivity contribution is -0.122. The molecule has 0 saturated heterocycles. The van der Waals surface area contributed by atoms with E-state index in [1.165, 1.54) is 0 Å². The Morgan fingerprint density at radius 3 is 2.55 bits per heavy atom. The summed E-state index contributed by atoms with van der Waals surface area (Å²) in [6.07, 6.45) is 0.206. The number of hydrogen-bond donors (Lipinski definition) is 1. The molecule has 1 atom stereocenters. The van der Waals surface area contributed by atoms with Crippen LogP contribution in [0.5, 0.6) is 5.75 Å². The predicted octanol–water partition coefficient (Wildman–Crippen LogP) is 5.61. The Balaban J connectivity index is 1.58. The molecule has 5 nitrogen and oxygen atoms in total. The molecule has 0 fully saturated rings. The number of nitrogens with one attached hydrogen (secondary N) is 1. The van der Waals surface area contributed by atoms with Crippen LogP contribution in [-0.4, -0.2) is 24.5 Å². The second-order valence-electron chi connectivity index (χ2n) is 7.30. The Morgan fingerprint density at radius 1 is 1.03 bits per heavy atom. The van der Waals surface area contributed by atoms with Gasteiger partial charge in [0.15, 0.2) is 6.10 Å². The monoisotopic (exact) mass is 432 g/mol. The van der Waals surface area contributed by atoms with Crippen molar-refractivity contribution in [3.63, 3.8) is 0 Å². The van der Waals surface area contributed by atoms with Gasteiger partial charge >= 0.3 is 0 Å². The van der Waals surface area contributed by atoms with E-state index in [9.17, 15) is 9.59 Å². The first-order valence-electron chi connectivity index (χ1n) is 10.3. The van der Waals surface area contributed by atoms with E-state index in [0.29, 0.717) is 23.5 Å². The van der Waals surface area contributed by atoms with Gasteiger partial charge in [-0.3, -0.25) is 9.59 Å². The number of nitrogens with zero attached hydrogens (tertiary/aromatic N) is 1. The molecule has 0 bridgehead atoms. The van der Waals surface area contributed by atoms with Crippen molar-refractivity contribution in [1.29, 1.82) is 0 Å². The van der Waals surface area contributed by atoms with E-state index in [1.807, 2.05) is 77.7 Å². The third-order valence-corrected chi connectivity index (χ3v) is 6.10. The van der Waals surface area contributed by atoms with Gasteiger partial charge in [-0.15, -0.1) is 0 Å². The fraction of sp³-hybridized carbons (Fsp3) is 0.200. The van der Waals surface area contributed by atoms with Gasteiger partial charge in [0.2, 0.25) is 0 Å². The van der Waals surface area contributed by atoms with Crippen LogP contribution in [0.2, 0.25) is 0 Å². The highest BCUT2D eigenvalue weighted by atomic mass is 32.2. The molecule has 1 N–H and O–H groups in total. The van der Waals surface area contributed by atoms with Crippen LogP contribution in [0.1, 0.15) is 30.6 Å². The summed E-state index contributed by atoms with van der Waals surface area (Å²) in [5.41, 5.74) is 2.23. The number of para-hydroxylation sites is 1. The highest BCUT2D eigenvalue weighted by molar-refractivity contribution is 7.99. The maximum Gasteiger partial charge on any atom is 0.265 e. The van der Waals surface area contributed by atoms with Crippen molar-refractivity contribution in [3.8, 4) is 5.75 Å². The molecule has 4 rings (SSSR count). The zero-order chi connectivity index (χ0) is 21.8. The van der Waals surface area contributed by atoms with Crippen molar-refractivity contribution in [1.82, 2.24) is 0 Å². The van der Waals surface area contributed by atoms with Crippen molar-refractivity contribution in [2.75, 3.05) is 16.8 Å². The number of benzene rings is 3. The van der Waals surface area contributed by atoms with Crippen LogP contribution in [0.4, 0.5) is 11.4 Å². The molecule has 0 spiro atoms. The van der Waals surface area contributed by atoms with Crippen LogP contribution in [0, 0.1) is 0 Å². The fourth-order valence-corrected chi connectivity index (χ4v) is 4.57. The third kappa shape index (κ3) is 4.59. The van der Waals surface area contributed by atoms with E-state index in [-0.39, 0.29) is 11.8 Å².